The Bertz CT molecular complexity index is 377. The first kappa shape index (κ1) is 12.1. The SMILES string of the molecule is CC(NC(=O)C1CCC(N)C1)c1ccccc1. The molecule has 92 valence electrons. The number of carbonyl (C=O) groups excluding carboxylic acids is 1. The molecule has 1 aliphatic rings. The van der Waals surface area contributed by atoms with Crippen LogP contribution < -0.4 is 11.1 Å². The van der Waals surface area contributed by atoms with Gasteiger partial charge in [-0.05, 0) is 31.7 Å². The fourth-order valence-corrected chi connectivity index (χ4v) is 2.41. The monoisotopic (exact) mass is 232 g/mol. The molecule has 2 rings (SSSR count). The Hall–Kier alpha value is -1.35. The third kappa shape index (κ3) is 3.07. The average Bonchev–Trinajstić information content (AvgIpc) is 2.77. The van der Waals surface area contributed by atoms with E-state index in [9.17, 15) is 4.79 Å². The lowest BCUT2D eigenvalue weighted by molar-refractivity contribution is -0.125. The summed E-state index contributed by atoms with van der Waals surface area (Å²) in [7, 11) is 0. The van der Waals surface area contributed by atoms with E-state index < -0.39 is 0 Å². The molecular weight excluding hydrogens is 212 g/mol. The normalized spacial score (nSPS) is 25.5. The topological polar surface area (TPSA) is 55.1 Å². The third-order valence-corrected chi connectivity index (χ3v) is 3.50. The standard InChI is InChI=1S/C14H20N2O/c1-10(11-5-3-2-4-6-11)16-14(17)12-7-8-13(15)9-12/h2-6,10,12-13H,7-9,15H2,1H3,(H,16,17). The average molecular weight is 232 g/mol. The number of rotatable bonds is 3. The van der Waals surface area contributed by atoms with E-state index in [1.54, 1.807) is 0 Å². The van der Waals surface area contributed by atoms with Crippen LogP contribution in [0, 0.1) is 5.92 Å². The Kier molecular flexibility index (Phi) is 3.79. The van der Waals surface area contributed by atoms with Gasteiger partial charge in [-0.2, -0.15) is 0 Å². The van der Waals surface area contributed by atoms with Crippen molar-refractivity contribution in [2.45, 2.75) is 38.3 Å². The lowest BCUT2D eigenvalue weighted by atomic mass is 10.0. The van der Waals surface area contributed by atoms with E-state index in [0.29, 0.717) is 0 Å². The minimum Gasteiger partial charge on any atom is -0.349 e. The molecule has 3 heteroatoms. The van der Waals surface area contributed by atoms with Gasteiger partial charge in [0, 0.05) is 12.0 Å². The summed E-state index contributed by atoms with van der Waals surface area (Å²) < 4.78 is 0. The number of nitrogens with two attached hydrogens (primary N) is 1. The van der Waals surface area contributed by atoms with Crippen molar-refractivity contribution < 1.29 is 4.79 Å². The molecule has 0 saturated heterocycles. The lowest BCUT2D eigenvalue weighted by Gasteiger charge is -2.17. The predicted molar refractivity (Wildman–Crippen MR) is 68.3 cm³/mol. The maximum absolute atomic E-state index is 12.0. The van der Waals surface area contributed by atoms with Crippen molar-refractivity contribution in [2.24, 2.45) is 11.7 Å². The highest BCUT2D eigenvalue weighted by atomic mass is 16.1. The van der Waals surface area contributed by atoms with Crippen molar-refractivity contribution >= 4 is 5.91 Å². The van der Waals surface area contributed by atoms with Crippen molar-refractivity contribution in [3.05, 3.63) is 35.9 Å². The highest BCUT2D eigenvalue weighted by molar-refractivity contribution is 5.79. The second-order valence-electron chi connectivity index (χ2n) is 4.91. The first-order valence-electron chi connectivity index (χ1n) is 6.27. The van der Waals surface area contributed by atoms with Crippen molar-refractivity contribution in [1.82, 2.24) is 5.32 Å². The minimum absolute atomic E-state index is 0.0699. The van der Waals surface area contributed by atoms with Crippen molar-refractivity contribution in [2.75, 3.05) is 0 Å². The van der Waals surface area contributed by atoms with E-state index in [1.165, 1.54) is 0 Å². The number of hydrogen-bond acceptors (Lipinski definition) is 2. The third-order valence-electron chi connectivity index (χ3n) is 3.50. The summed E-state index contributed by atoms with van der Waals surface area (Å²) in [6, 6.07) is 10.3. The summed E-state index contributed by atoms with van der Waals surface area (Å²) in [4.78, 5) is 12.0. The Labute approximate surface area is 102 Å². The molecule has 0 radical (unpaired) electrons. The van der Waals surface area contributed by atoms with Crippen LogP contribution in [0.1, 0.15) is 37.8 Å². The van der Waals surface area contributed by atoms with E-state index in [0.717, 1.165) is 24.8 Å². The summed E-state index contributed by atoms with van der Waals surface area (Å²) >= 11 is 0. The predicted octanol–water partition coefficient (Wildman–Crippen LogP) is 1.99. The van der Waals surface area contributed by atoms with Gasteiger partial charge in [0.1, 0.15) is 0 Å². The second-order valence-corrected chi connectivity index (χ2v) is 4.91. The van der Waals surface area contributed by atoms with Gasteiger partial charge < -0.3 is 11.1 Å². The van der Waals surface area contributed by atoms with Crippen LogP contribution in [0.4, 0.5) is 0 Å². The highest BCUT2D eigenvalue weighted by Crippen LogP contribution is 2.25. The minimum atomic E-state index is 0.0699. The summed E-state index contributed by atoms with van der Waals surface area (Å²) in [6.45, 7) is 2.02. The van der Waals surface area contributed by atoms with E-state index in [2.05, 4.69) is 5.32 Å². The number of hydrogen-bond donors (Lipinski definition) is 2. The molecular formula is C14H20N2O. The number of nitrogens with one attached hydrogen (secondary N) is 1. The zero-order chi connectivity index (χ0) is 12.3. The fraction of sp³-hybridized carbons (Fsp3) is 0.500. The molecule has 3 atom stereocenters. The fourth-order valence-electron chi connectivity index (χ4n) is 2.41. The molecule has 3 unspecified atom stereocenters. The van der Waals surface area contributed by atoms with Crippen LogP contribution in [0.15, 0.2) is 30.3 Å². The molecule has 0 spiro atoms. The van der Waals surface area contributed by atoms with Gasteiger partial charge in [0.25, 0.3) is 0 Å². The Balaban J connectivity index is 1.91. The molecule has 3 N–H and O–H groups in total. The molecule has 1 aromatic carbocycles. The molecule has 1 saturated carbocycles. The van der Waals surface area contributed by atoms with Gasteiger partial charge >= 0.3 is 0 Å². The highest BCUT2D eigenvalue weighted by Gasteiger charge is 2.28. The second kappa shape index (κ2) is 5.32. The number of carbonyl (C=O) groups is 1. The van der Waals surface area contributed by atoms with Gasteiger partial charge in [0.2, 0.25) is 5.91 Å². The van der Waals surface area contributed by atoms with Crippen molar-refractivity contribution in [3.8, 4) is 0 Å². The first-order valence-corrected chi connectivity index (χ1v) is 6.27. The van der Waals surface area contributed by atoms with Gasteiger partial charge in [0.05, 0.1) is 6.04 Å². The van der Waals surface area contributed by atoms with Gasteiger partial charge in [-0.3, -0.25) is 4.79 Å². The molecule has 1 aromatic rings. The first-order chi connectivity index (χ1) is 8.16. The molecule has 3 nitrogen and oxygen atoms in total. The molecule has 0 aromatic heterocycles. The molecule has 1 fully saturated rings. The Morgan fingerprint density at radius 1 is 1.35 bits per heavy atom. The van der Waals surface area contributed by atoms with Crippen LogP contribution in [0.25, 0.3) is 0 Å². The van der Waals surface area contributed by atoms with Gasteiger partial charge in [0.15, 0.2) is 0 Å². The van der Waals surface area contributed by atoms with E-state index in [-0.39, 0.29) is 23.9 Å². The largest absolute Gasteiger partial charge is 0.349 e. The summed E-state index contributed by atoms with van der Waals surface area (Å²) in [5, 5.41) is 3.06. The molecule has 1 amide bonds. The molecule has 17 heavy (non-hydrogen) atoms. The van der Waals surface area contributed by atoms with Gasteiger partial charge in [-0.25, -0.2) is 0 Å². The maximum atomic E-state index is 12.0. The Morgan fingerprint density at radius 3 is 2.65 bits per heavy atom. The number of benzene rings is 1. The zero-order valence-electron chi connectivity index (χ0n) is 10.2. The van der Waals surface area contributed by atoms with Crippen LogP contribution in [0.2, 0.25) is 0 Å². The summed E-state index contributed by atoms with van der Waals surface area (Å²) in [5.41, 5.74) is 6.97. The number of amides is 1. The lowest BCUT2D eigenvalue weighted by Crippen LogP contribution is -2.32. The van der Waals surface area contributed by atoms with Crippen LogP contribution in [0.3, 0.4) is 0 Å². The van der Waals surface area contributed by atoms with Crippen molar-refractivity contribution in [1.29, 1.82) is 0 Å². The van der Waals surface area contributed by atoms with Crippen LogP contribution in [-0.4, -0.2) is 11.9 Å². The van der Waals surface area contributed by atoms with Gasteiger partial charge in [-0.1, -0.05) is 30.3 Å². The summed E-state index contributed by atoms with van der Waals surface area (Å²) in [5.74, 6) is 0.255. The van der Waals surface area contributed by atoms with Crippen LogP contribution in [-0.2, 0) is 4.79 Å². The van der Waals surface area contributed by atoms with Crippen LogP contribution >= 0.6 is 0 Å². The van der Waals surface area contributed by atoms with E-state index in [4.69, 9.17) is 5.73 Å². The van der Waals surface area contributed by atoms with E-state index in [1.807, 2.05) is 37.3 Å². The summed E-state index contributed by atoms with van der Waals surface area (Å²) in [6.07, 6.45) is 2.72. The van der Waals surface area contributed by atoms with Crippen molar-refractivity contribution in [3.63, 3.8) is 0 Å². The smallest absolute Gasteiger partial charge is 0.223 e. The zero-order valence-corrected chi connectivity index (χ0v) is 10.2. The maximum Gasteiger partial charge on any atom is 0.223 e. The van der Waals surface area contributed by atoms with Gasteiger partial charge in [-0.15, -0.1) is 0 Å². The van der Waals surface area contributed by atoms with E-state index >= 15 is 0 Å². The molecule has 0 aliphatic heterocycles. The molecule has 1 aliphatic carbocycles. The Morgan fingerprint density at radius 2 is 2.06 bits per heavy atom. The molecule has 0 bridgehead atoms. The quantitative estimate of drug-likeness (QED) is 0.837. The molecule has 0 heterocycles. The van der Waals surface area contributed by atoms with Crippen LogP contribution in [0.5, 0.6) is 0 Å².